The molecule has 0 heterocycles. The minimum Gasteiger partial charge on any atom is -0.0795 e. The number of benzene rings is 1. The maximum atomic E-state index is 2.53. The zero-order valence-corrected chi connectivity index (χ0v) is 10.2. The molecule has 0 radical (unpaired) electrons. The lowest BCUT2D eigenvalue weighted by atomic mass is 9.75. The normalized spacial score (nSPS) is 24.2. The van der Waals surface area contributed by atoms with E-state index in [0.29, 0.717) is 5.41 Å². The molecule has 0 atom stereocenters. The highest BCUT2D eigenvalue weighted by atomic mass is 14.5. The minimum atomic E-state index is 0.406. The van der Waals surface area contributed by atoms with Gasteiger partial charge in [-0.05, 0) is 48.0 Å². The molecule has 0 aliphatic heterocycles. The van der Waals surface area contributed by atoms with Crippen molar-refractivity contribution in [3.8, 4) is 0 Å². The summed E-state index contributed by atoms with van der Waals surface area (Å²) in [5, 5.41) is 0. The predicted octanol–water partition coefficient (Wildman–Crippen LogP) is 4.62. The minimum absolute atomic E-state index is 0.406. The van der Waals surface area contributed by atoms with Gasteiger partial charge in [-0.25, -0.2) is 0 Å². The van der Waals surface area contributed by atoms with Gasteiger partial charge < -0.3 is 0 Å². The van der Waals surface area contributed by atoms with Crippen molar-refractivity contribution in [3.63, 3.8) is 0 Å². The average Bonchev–Trinajstić information content (AvgIpc) is 2.98. The molecule has 3 aliphatic rings. The molecule has 0 bridgehead atoms. The van der Waals surface area contributed by atoms with Crippen molar-refractivity contribution in [2.75, 3.05) is 0 Å². The van der Waals surface area contributed by atoms with Gasteiger partial charge in [0.1, 0.15) is 0 Å². The van der Waals surface area contributed by atoms with Gasteiger partial charge in [0.15, 0.2) is 0 Å². The van der Waals surface area contributed by atoms with Crippen LogP contribution in [-0.4, -0.2) is 0 Å². The van der Waals surface area contributed by atoms with E-state index in [1.54, 1.807) is 16.7 Å². The Morgan fingerprint density at radius 3 is 2.53 bits per heavy atom. The molecule has 0 nitrogen and oxygen atoms in total. The van der Waals surface area contributed by atoms with Gasteiger partial charge in [-0.2, -0.15) is 0 Å². The van der Waals surface area contributed by atoms with Gasteiger partial charge in [0.2, 0.25) is 0 Å². The molecule has 86 valence electrons. The van der Waals surface area contributed by atoms with Crippen molar-refractivity contribution in [2.45, 2.75) is 43.9 Å². The van der Waals surface area contributed by atoms with E-state index in [-0.39, 0.29) is 0 Å². The van der Waals surface area contributed by atoms with Gasteiger partial charge in [-0.1, -0.05) is 49.3 Å². The molecule has 1 spiro atoms. The van der Waals surface area contributed by atoms with Gasteiger partial charge in [0.25, 0.3) is 0 Å². The smallest absolute Gasteiger partial charge is 0.0211 e. The van der Waals surface area contributed by atoms with E-state index in [2.05, 4.69) is 36.4 Å². The lowest BCUT2D eigenvalue weighted by molar-refractivity contribution is 0.546. The second-order valence-corrected chi connectivity index (χ2v) is 5.65. The Morgan fingerprint density at radius 1 is 0.882 bits per heavy atom. The molecule has 0 saturated heterocycles. The van der Waals surface area contributed by atoms with Crippen molar-refractivity contribution in [1.29, 1.82) is 0 Å². The summed E-state index contributed by atoms with van der Waals surface area (Å²) in [6, 6.07) is 9.12. The van der Waals surface area contributed by atoms with E-state index >= 15 is 0 Å². The number of allylic oxidation sites excluding steroid dienone is 4. The largest absolute Gasteiger partial charge is 0.0795 e. The summed E-state index contributed by atoms with van der Waals surface area (Å²) < 4.78 is 0. The van der Waals surface area contributed by atoms with Gasteiger partial charge in [0, 0.05) is 5.41 Å². The van der Waals surface area contributed by atoms with Crippen LogP contribution in [0.25, 0.3) is 5.57 Å². The molecule has 0 heteroatoms. The van der Waals surface area contributed by atoms with E-state index < -0.39 is 0 Å². The van der Waals surface area contributed by atoms with E-state index in [1.807, 2.05) is 0 Å². The van der Waals surface area contributed by atoms with Crippen LogP contribution < -0.4 is 0 Å². The highest BCUT2D eigenvalue weighted by Gasteiger charge is 2.46. The summed E-state index contributed by atoms with van der Waals surface area (Å²) >= 11 is 0. The van der Waals surface area contributed by atoms with Gasteiger partial charge in [-0.15, -0.1) is 0 Å². The molecule has 17 heavy (non-hydrogen) atoms. The quantitative estimate of drug-likeness (QED) is 0.601. The van der Waals surface area contributed by atoms with Crippen LogP contribution in [0.1, 0.15) is 49.7 Å². The van der Waals surface area contributed by atoms with Crippen molar-refractivity contribution in [1.82, 2.24) is 0 Å². The third-order valence-electron chi connectivity index (χ3n) is 4.86. The lowest BCUT2D eigenvalue weighted by Crippen LogP contribution is -2.20. The molecule has 4 rings (SSSR count). The number of fused-ring (bicyclic) bond motifs is 5. The summed E-state index contributed by atoms with van der Waals surface area (Å²) in [6.07, 6.45) is 13.0. The Labute approximate surface area is 103 Å². The summed E-state index contributed by atoms with van der Waals surface area (Å²) in [7, 11) is 0. The van der Waals surface area contributed by atoms with E-state index in [9.17, 15) is 0 Å². The molecule has 0 aromatic heterocycles. The molecular weight excluding hydrogens is 204 g/mol. The zero-order chi connectivity index (χ0) is 11.3. The molecular formula is C17H18. The monoisotopic (exact) mass is 222 g/mol. The average molecular weight is 222 g/mol. The first-order valence-corrected chi connectivity index (χ1v) is 6.93. The van der Waals surface area contributed by atoms with Crippen LogP contribution in [-0.2, 0) is 5.41 Å². The van der Waals surface area contributed by atoms with Crippen LogP contribution in [0.2, 0.25) is 0 Å². The van der Waals surface area contributed by atoms with Crippen LogP contribution in [0.5, 0.6) is 0 Å². The van der Waals surface area contributed by atoms with Gasteiger partial charge >= 0.3 is 0 Å². The standard InChI is InChI=1S/C17H18/c1-3-9-15-13(7-1)14-8-2-4-10-16(14)17(15)11-5-6-12-17/h1,3,7-10H,2,4-6,11-12H2. The summed E-state index contributed by atoms with van der Waals surface area (Å²) in [5.41, 5.74) is 6.79. The van der Waals surface area contributed by atoms with Crippen molar-refractivity contribution in [2.24, 2.45) is 0 Å². The van der Waals surface area contributed by atoms with E-state index in [4.69, 9.17) is 0 Å². The first-order valence-electron chi connectivity index (χ1n) is 6.93. The van der Waals surface area contributed by atoms with Gasteiger partial charge in [0.05, 0.1) is 0 Å². The summed E-state index contributed by atoms with van der Waals surface area (Å²) in [6.45, 7) is 0. The molecule has 1 aromatic rings. The topological polar surface area (TPSA) is 0 Å². The fourth-order valence-corrected chi connectivity index (χ4v) is 4.18. The van der Waals surface area contributed by atoms with Crippen LogP contribution in [0.4, 0.5) is 0 Å². The highest BCUT2D eigenvalue weighted by Crippen LogP contribution is 2.58. The van der Waals surface area contributed by atoms with Crippen LogP contribution in [0.3, 0.4) is 0 Å². The molecule has 1 saturated carbocycles. The second kappa shape index (κ2) is 3.35. The zero-order valence-electron chi connectivity index (χ0n) is 10.2. The van der Waals surface area contributed by atoms with E-state index in [0.717, 1.165) is 0 Å². The third-order valence-corrected chi connectivity index (χ3v) is 4.86. The number of rotatable bonds is 0. The summed E-state index contributed by atoms with van der Waals surface area (Å²) in [4.78, 5) is 0. The van der Waals surface area contributed by atoms with Crippen molar-refractivity contribution >= 4 is 5.57 Å². The van der Waals surface area contributed by atoms with Crippen LogP contribution >= 0.6 is 0 Å². The molecule has 0 amide bonds. The summed E-state index contributed by atoms with van der Waals surface area (Å²) in [5.74, 6) is 0. The maximum absolute atomic E-state index is 2.53. The van der Waals surface area contributed by atoms with Crippen molar-refractivity contribution < 1.29 is 0 Å². The Bertz CT molecular complexity index is 525. The SMILES string of the molecule is C1=C2C(=CCC1)C1(CCCC1)c1ccccc12. The number of hydrogen-bond donors (Lipinski definition) is 0. The van der Waals surface area contributed by atoms with Crippen LogP contribution in [0, 0.1) is 0 Å². The fraction of sp³-hybridized carbons (Fsp3) is 0.412. The second-order valence-electron chi connectivity index (χ2n) is 5.65. The highest BCUT2D eigenvalue weighted by molar-refractivity contribution is 5.90. The Balaban J connectivity index is 2.02. The first kappa shape index (κ1) is 9.70. The molecule has 1 aromatic carbocycles. The molecule has 0 unspecified atom stereocenters. The number of hydrogen-bond acceptors (Lipinski definition) is 0. The molecule has 0 N–H and O–H groups in total. The maximum Gasteiger partial charge on any atom is 0.0211 e. The third kappa shape index (κ3) is 1.14. The van der Waals surface area contributed by atoms with E-state index in [1.165, 1.54) is 44.1 Å². The first-order chi connectivity index (χ1) is 8.42. The fourth-order valence-electron chi connectivity index (χ4n) is 4.18. The van der Waals surface area contributed by atoms with Crippen molar-refractivity contribution in [3.05, 3.63) is 53.1 Å². The lowest BCUT2D eigenvalue weighted by Gasteiger charge is -2.28. The predicted molar refractivity (Wildman–Crippen MR) is 71.9 cm³/mol. The Kier molecular flexibility index (Phi) is 1.91. The Hall–Kier alpha value is -1.30. The molecule has 3 aliphatic carbocycles. The van der Waals surface area contributed by atoms with Gasteiger partial charge in [-0.3, -0.25) is 0 Å². The molecule has 1 fully saturated rings. The Morgan fingerprint density at radius 2 is 1.65 bits per heavy atom. The van der Waals surface area contributed by atoms with Crippen LogP contribution in [0.15, 0.2) is 42.0 Å².